The van der Waals surface area contributed by atoms with Crippen LogP contribution in [0.5, 0.6) is 5.75 Å². The van der Waals surface area contributed by atoms with Crippen molar-refractivity contribution in [3.63, 3.8) is 0 Å². The van der Waals surface area contributed by atoms with Crippen LogP contribution in [0.15, 0.2) is 36.4 Å². The van der Waals surface area contributed by atoms with Crippen molar-refractivity contribution in [2.24, 2.45) is 0 Å². The van der Waals surface area contributed by atoms with Gasteiger partial charge in [-0.25, -0.2) is 0 Å². The molecule has 1 atom stereocenters. The van der Waals surface area contributed by atoms with E-state index >= 15 is 0 Å². The molecule has 2 rings (SSSR count). The molecule has 0 aliphatic carbocycles. The molecule has 5 heteroatoms. The average molecular weight is 355 g/mol. The molecule has 0 aromatic heterocycles. The van der Waals surface area contributed by atoms with Crippen LogP contribution in [0, 0.1) is 11.8 Å². The standard InChI is InChI=1S/C21H25NO4/c1-6-7-15-8-9-16-10-11-18(13-17(16)12-15)26-20(25-5)19(23)22-21(2,3)14-24-4/h8-13,20H,14H2,1-5H3,(H,22,23). The summed E-state index contributed by atoms with van der Waals surface area (Å²) in [5.74, 6) is 6.11. The van der Waals surface area contributed by atoms with Gasteiger partial charge in [-0.05, 0) is 55.8 Å². The molecule has 1 N–H and O–H groups in total. The quantitative estimate of drug-likeness (QED) is 0.612. The third kappa shape index (κ3) is 5.22. The maximum atomic E-state index is 12.4. The summed E-state index contributed by atoms with van der Waals surface area (Å²) in [7, 11) is 3.02. The molecule has 138 valence electrons. The number of benzene rings is 2. The molecule has 2 aromatic rings. The van der Waals surface area contributed by atoms with Gasteiger partial charge in [-0.15, -0.1) is 5.92 Å². The second-order valence-corrected chi connectivity index (χ2v) is 6.59. The van der Waals surface area contributed by atoms with Crippen LogP contribution in [-0.4, -0.2) is 38.6 Å². The third-order valence-electron chi connectivity index (χ3n) is 3.72. The van der Waals surface area contributed by atoms with E-state index < -0.39 is 11.8 Å². The Morgan fingerprint density at radius 2 is 1.88 bits per heavy atom. The van der Waals surface area contributed by atoms with Gasteiger partial charge in [0.2, 0.25) is 0 Å². The topological polar surface area (TPSA) is 56.8 Å². The Bertz CT molecular complexity index is 833. The van der Waals surface area contributed by atoms with Gasteiger partial charge < -0.3 is 19.5 Å². The van der Waals surface area contributed by atoms with E-state index in [0.717, 1.165) is 16.3 Å². The predicted octanol–water partition coefficient (Wildman–Crippen LogP) is 3.10. The maximum Gasteiger partial charge on any atom is 0.290 e. The van der Waals surface area contributed by atoms with E-state index in [-0.39, 0.29) is 5.91 Å². The highest BCUT2D eigenvalue weighted by atomic mass is 16.7. The molecule has 1 unspecified atom stereocenters. The summed E-state index contributed by atoms with van der Waals surface area (Å²) in [5.41, 5.74) is 0.405. The van der Waals surface area contributed by atoms with Crippen LogP contribution in [-0.2, 0) is 14.3 Å². The Morgan fingerprint density at radius 3 is 2.54 bits per heavy atom. The zero-order valence-corrected chi connectivity index (χ0v) is 15.9. The first-order valence-electron chi connectivity index (χ1n) is 8.35. The zero-order valence-electron chi connectivity index (χ0n) is 15.9. The van der Waals surface area contributed by atoms with Gasteiger partial charge in [0.05, 0.1) is 12.1 Å². The van der Waals surface area contributed by atoms with E-state index in [1.165, 1.54) is 7.11 Å². The lowest BCUT2D eigenvalue weighted by molar-refractivity contribution is -0.150. The lowest BCUT2D eigenvalue weighted by atomic mass is 10.1. The maximum absolute atomic E-state index is 12.4. The van der Waals surface area contributed by atoms with Gasteiger partial charge in [0.1, 0.15) is 5.75 Å². The molecule has 0 saturated carbocycles. The number of hydrogen-bond donors (Lipinski definition) is 1. The predicted molar refractivity (Wildman–Crippen MR) is 102 cm³/mol. The lowest BCUT2D eigenvalue weighted by Gasteiger charge is -2.27. The summed E-state index contributed by atoms with van der Waals surface area (Å²) >= 11 is 0. The molecule has 0 fully saturated rings. The third-order valence-corrected chi connectivity index (χ3v) is 3.72. The summed E-state index contributed by atoms with van der Waals surface area (Å²) in [6.07, 6.45) is -1.05. The fraction of sp³-hybridized carbons (Fsp3) is 0.381. The van der Waals surface area contributed by atoms with Crippen molar-refractivity contribution in [2.75, 3.05) is 20.8 Å². The van der Waals surface area contributed by atoms with E-state index in [9.17, 15) is 4.79 Å². The summed E-state index contributed by atoms with van der Waals surface area (Å²) in [4.78, 5) is 12.4. The van der Waals surface area contributed by atoms with Crippen LogP contribution in [0.3, 0.4) is 0 Å². The number of carbonyl (C=O) groups excluding carboxylic acids is 1. The second-order valence-electron chi connectivity index (χ2n) is 6.59. The number of carbonyl (C=O) groups is 1. The summed E-state index contributed by atoms with van der Waals surface area (Å²) < 4.78 is 16.1. The zero-order chi connectivity index (χ0) is 19.2. The first-order chi connectivity index (χ1) is 12.4. The van der Waals surface area contributed by atoms with Gasteiger partial charge in [0.15, 0.2) is 0 Å². The molecular formula is C21H25NO4. The number of amides is 1. The number of ether oxygens (including phenoxy) is 3. The van der Waals surface area contributed by atoms with Crippen molar-refractivity contribution in [3.8, 4) is 17.6 Å². The van der Waals surface area contributed by atoms with Crippen LogP contribution in [0.25, 0.3) is 10.8 Å². The fourth-order valence-electron chi connectivity index (χ4n) is 2.64. The molecule has 0 heterocycles. The molecule has 5 nitrogen and oxygen atoms in total. The average Bonchev–Trinajstić information content (AvgIpc) is 2.59. The van der Waals surface area contributed by atoms with Crippen molar-refractivity contribution in [2.45, 2.75) is 32.6 Å². The van der Waals surface area contributed by atoms with Crippen molar-refractivity contribution >= 4 is 16.7 Å². The molecule has 0 radical (unpaired) electrons. The molecule has 0 bridgehead atoms. The Morgan fingerprint density at radius 1 is 1.15 bits per heavy atom. The van der Waals surface area contributed by atoms with Crippen LogP contribution in [0.4, 0.5) is 0 Å². The summed E-state index contributed by atoms with van der Waals surface area (Å²) in [6, 6.07) is 11.6. The van der Waals surface area contributed by atoms with Crippen LogP contribution in [0.1, 0.15) is 26.3 Å². The van der Waals surface area contributed by atoms with E-state index in [0.29, 0.717) is 12.4 Å². The molecule has 26 heavy (non-hydrogen) atoms. The second kappa shape index (κ2) is 8.70. The van der Waals surface area contributed by atoms with Gasteiger partial charge >= 0.3 is 0 Å². The number of hydrogen-bond acceptors (Lipinski definition) is 4. The number of rotatable bonds is 7. The molecule has 1 amide bonds. The van der Waals surface area contributed by atoms with Gasteiger partial charge in [-0.2, -0.15) is 0 Å². The van der Waals surface area contributed by atoms with E-state index in [4.69, 9.17) is 14.2 Å². The minimum absolute atomic E-state index is 0.361. The SMILES string of the molecule is CC#Cc1ccc2ccc(OC(OC)C(=O)NC(C)(C)COC)cc2c1. The molecule has 0 aliphatic rings. The summed E-state index contributed by atoms with van der Waals surface area (Å²) in [5, 5.41) is 4.91. The fourth-order valence-corrected chi connectivity index (χ4v) is 2.64. The largest absolute Gasteiger partial charge is 0.455 e. The molecule has 2 aromatic carbocycles. The number of methoxy groups -OCH3 is 2. The van der Waals surface area contributed by atoms with E-state index in [1.807, 2.05) is 50.2 Å². The molecule has 0 saturated heterocycles. The Balaban J connectivity index is 2.18. The molecular weight excluding hydrogens is 330 g/mol. The Kier molecular flexibility index (Phi) is 6.62. The van der Waals surface area contributed by atoms with Crippen molar-refractivity contribution < 1.29 is 19.0 Å². The highest BCUT2D eigenvalue weighted by Crippen LogP contribution is 2.23. The van der Waals surface area contributed by atoms with Crippen molar-refractivity contribution in [1.82, 2.24) is 5.32 Å². The van der Waals surface area contributed by atoms with Gasteiger partial charge in [-0.1, -0.05) is 18.1 Å². The monoisotopic (exact) mass is 355 g/mol. The van der Waals surface area contributed by atoms with Crippen LogP contribution >= 0.6 is 0 Å². The molecule has 0 aliphatic heterocycles. The summed E-state index contributed by atoms with van der Waals surface area (Å²) in [6.45, 7) is 5.92. The van der Waals surface area contributed by atoms with Crippen LogP contribution in [0.2, 0.25) is 0 Å². The Labute approximate surface area is 154 Å². The number of fused-ring (bicyclic) bond motifs is 1. The van der Waals surface area contributed by atoms with Crippen LogP contribution < -0.4 is 10.1 Å². The lowest BCUT2D eigenvalue weighted by Crippen LogP contribution is -2.52. The highest BCUT2D eigenvalue weighted by molar-refractivity contribution is 5.85. The van der Waals surface area contributed by atoms with Crippen molar-refractivity contribution in [1.29, 1.82) is 0 Å². The van der Waals surface area contributed by atoms with Gasteiger partial charge in [0, 0.05) is 19.8 Å². The van der Waals surface area contributed by atoms with E-state index in [2.05, 4.69) is 17.2 Å². The van der Waals surface area contributed by atoms with Gasteiger partial charge in [-0.3, -0.25) is 4.79 Å². The number of nitrogens with one attached hydrogen (secondary N) is 1. The first-order valence-corrected chi connectivity index (χ1v) is 8.35. The minimum atomic E-state index is -1.05. The van der Waals surface area contributed by atoms with Gasteiger partial charge in [0.25, 0.3) is 12.2 Å². The minimum Gasteiger partial charge on any atom is -0.455 e. The highest BCUT2D eigenvalue weighted by Gasteiger charge is 2.27. The smallest absolute Gasteiger partial charge is 0.290 e. The molecule has 0 spiro atoms. The first kappa shape index (κ1) is 19.8. The van der Waals surface area contributed by atoms with Crippen molar-refractivity contribution in [3.05, 3.63) is 42.0 Å². The Hall–Kier alpha value is -2.55. The van der Waals surface area contributed by atoms with E-state index in [1.54, 1.807) is 14.0 Å². The normalized spacial score (nSPS) is 12.2.